The van der Waals surface area contributed by atoms with E-state index < -0.39 is 5.97 Å². The average molecular weight is 399 g/mol. The number of hydrogen-bond acceptors (Lipinski definition) is 5. The van der Waals surface area contributed by atoms with Gasteiger partial charge in [0.2, 0.25) is 5.91 Å². The molecule has 144 valence electrons. The SMILES string of the molecule is CCOc1cc(C#N)cc(Cl)c1OC(=O)c1cccc(NC(=O)C2CC2C)c1. The number of anilines is 1. The van der Waals surface area contributed by atoms with Crippen molar-refractivity contribution < 1.29 is 19.1 Å². The van der Waals surface area contributed by atoms with Gasteiger partial charge in [-0.05, 0) is 43.5 Å². The molecule has 0 bridgehead atoms. The highest BCUT2D eigenvalue weighted by atomic mass is 35.5. The topological polar surface area (TPSA) is 88.4 Å². The Morgan fingerprint density at radius 1 is 1.32 bits per heavy atom. The van der Waals surface area contributed by atoms with Gasteiger partial charge in [-0.2, -0.15) is 5.26 Å². The van der Waals surface area contributed by atoms with E-state index in [0.717, 1.165) is 6.42 Å². The van der Waals surface area contributed by atoms with Gasteiger partial charge in [0.05, 0.1) is 28.8 Å². The maximum Gasteiger partial charge on any atom is 0.343 e. The molecule has 1 amide bonds. The summed E-state index contributed by atoms with van der Waals surface area (Å²) in [4.78, 5) is 24.7. The van der Waals surface area contributed by atoms with Gasteiger partial charge in [-0.3, -0.25) is 4.79 Å². The van der Waals surface area contributed by atoms with Gasteiger partial charge in [-0.25, -0.2) is 4.79 Å². The van der Waals surface area contributed by atoms with Crippen molar-refractivity contribution in [3.8, 4) is 17.6 Å². The van der Waals surface area contributed by atoms with Crippen molar-refractivity contribution in [2.75, 3.05) is 11.9 Å². The summed E-state index contributed by atoms with van der Waals surface area (Å²) >= 11 is 6.17. The fourth-order valence-electron chi connectivity index (χ4n) is 2.79. The first-order valence-corrected chi connectivity index (χ1v) is 9.30. The summed E-state index contributed by atoms with van der Waals surface area (Å²) in [6.07, 6.45) is 0.880. The molecule has 0 spiro atoms. The van der Waals surface area contributed by atoms with Crippen molar-refractivity contribution in [1.82, 2.24) is 0 Å². The van der Waals surface area contributed by atoms with E-state index >= 15 is 0 Å². The molecule has 0 aromatic heterocycles. The van der Waals surface area contributed by atoms with Gasteiger partial charge in [0, 0.05) is 17.7 Å². The first-order chi connectivity index (χ1) is 13.4. The molecule has 0 heterocycles. The van der Waals surface area contributed by atoms with E-state index in [-0.39, 0.29) is 33.9 Å². The molecule has 28 heavy (non-hydrogen) atoms. The highest BCUT2D eigenvalue weighted by molar-refractivity contribution is 6.32. The number of nitriles is 1. The fourth-order valence-corrected chi connectivity index (χ4v) is 3.04. The normalized spacial score (nSPS) is 17.4. The van der Waals surface area contributed by atoms with Gasteiger partial charge in [-0.1, -0.05) is 24.6 Å². The second kappa shape index (κ2) is 8.32. The van der Waals surface area contributed by atoms with Crippen LogP contribution in [0.3, 0.4) is 0 Å². The molecule has 0 radical (unpaired) electrons. The molecule has 1 fully saturated rings. The quantitative estimate of drug-likeness (QED) is 0.574. The van der Waals surface area contributed by atoms with E-state index in [2.05, 4.69) is 5.32 Å². The number of ether oxygens (including phenoxy) is 2. The third kappa shape index (κ3) is 4.44. The first-order valence-electron chi connectivity index (χ1n) is 8.92. The van der Waals surface area contributed by atoms with Crippen LogP contribution in [0.4, 0.5) is 5.69 Å². The van der Waals surface area contributed by atoms with Gasteiger partial charge in [-0.15, -0.1) is 0 Å². The lowest BCUT2D eigenvalue weighted by Gasteiger charge is -2.13. The predicted molar refractivity (Wildman–Crippen MR) is 105 cm³/mol. The second-order valence-corrected chi connectivity index (χ2v) is 7.02. The van der Waals surface area contributed by atoms with Crippen molar-refractivity contribution in [3.05, 3.63) is 52.5 Å². The molecule has 1 N–H and O–H groups in total. The Morgan fingerprint density at radius 3 is 2.71 bits per heavy atom. The minimum absolute atomic E-state index is 0.0295. The standard InChI is InChI=1S/C21H19ClN2O4/c1-3-27-18-9-13(11-23)8-17(22)19(18)28-21(26)14-5-4-6-15(10-14)24-20(25)16-7-12(16)2/h4-6,8-10,12,16H,3,7H2,1-2H3,(H,24,25). The smallest absolute Gasteiger partial charge is 0.343 e. The van der Waals surface area contributed by atoms with Crippen LogP contribution in [0.2, 0.25) is 5.02 Å². The summed E-state index contributed by atoms with van der Waals surface area (Å²) < 4.78 is 10.9. The van der Waals surface area contributed by atoms with E-state index in [9.17, 15) is 9.59 Å². The number of halogens is 1. The predicted octanol–water partition coefficient (Wildman–Crippen LogP) is 4.42. The first kappa shape index (κ1) is 19.7. The molecule has 1 saturated carbocycles. The van der Waals surface area contributed by atoms with Crippen LogP contribution < -0.4 is 14.8 Å². The van der Waals surface area contributed by atoms with E-state index in [1.54, 1.807) is 31.2 Å². The lowest BCUT2D eigenvalue weighted by Crippen LogP contribution is -2.15. The highest BCUT2D eigenvalue weighted by Gasteiger charge is 2.39. The summed E-state index contributed by atoms with van der Waals surface area (Å²) in [5, 5.41) is 12.0. The molecule has 1 aliphatic rings. The lowest BCUT2D eigenvalue weighted by molar-refractivity contribution is -0.117. The van der Waals surface area contributed by atoms with Crippen LogP contribution in [-0.4, -0.2) is 18.5 Å². The van der Waals surface area contributed by atoms with Crippen LogP contribution in [-0.2, 0) is 4.79 Å². The Balaban J connectivity index is 1.79. The Kier molecular flexibility index (Phi) is 5.86. The number of amides is 1. The Labute approximate surface area is 168 Å². The third-order valence-electron chi connectivity index (χ3n) is 4.45. The zero-order valence-corrected chi connectivity index (χ0v) is 16.2. The molecular weight excluding hydrogens is 380 g/mol. The number of esters is 1. The molecule has 0 saturated heterocycles. The van der Waals surface area contributed by atoms with Crippen molar-refractivity contribution in [1.29, 1.82) is 5.26 Å². The lowest BCUT2D eigenvalue weighted by atomic mass is 10.2. The van der Waals surface area contributed by atoms with Crippen molar-refractivity contribution in [3.63, 3.8) is 0 Å². The third-order valence-corrected chi connectivity index (χ3v) is 4.73. The van der Waals surface area contributed by atoms with Crippen molar-refractivity contribution in [2.24, 2.45) is 11.8 Å². The second-order valence-electron chi connectivity index (χ2n) is 6.61. The van der Waals surface area contributed by atoms with E-state index in [4.69, 9.17) is 26.3 Å². The molecule has 6 nitrogen and oxygen atoms in total. The van der Waals surface area contributed by atoms with Gasteiger partial charge in [0.25, 0.3) is 0 Å². The highest BCUT2D eigenvalue weighted by Crippen LogP contribution is 2.39. The monoisotopic (exact) mass is 398 g/mol. The van der Waals surface area contributed by atoms with Crippen molar-refractivity contribution >= 4 is 29.2 Å². The zero-order valence-electron chi connectivity index (χ0n) is 15.5. The number of rotatable bonds is 6. The van der Waals surface area contributed by atoms with Crippen LogP contribution in [0.1, 0.15) is 36.2 Å². The van der Waals surface area contributed by atoms with Gasteiger partial charge < -0.3 is 14.8 Å². The van der Waals surface area contributed by atoms with Crippen LogP contribution in [0.5, 0.6) is 11.5 Å². The maximum absolute atomic E-state index is 12.6. The van der Waals surface area contributed by atoms with Crippen LogP contribution >= 0.6 is 11.6 Å². The summed E-state index contributed by atoms with van der Waals surface area (Å²) in [6, 6.07) is 11.3. The fraction of sp³-hybridized carbons (Fsp3) is 0.286. The van der Waals surface area contributed by atoms with E-state index in [1.807, 2.05) is 13.0 Å². The van der Waals surface area contributed by atoms with Crippen LogP contribution in [0.15, 0.2) is 36.4 Å². The van der Waals surface area contributed by atoms with Crippen LogP contribution in [0.25, 0.3) is 0 Å². The maximum atomic E-state index is 12.6. The minimum Gasteiger partial charge on any atom is -0.490 e. The van der Waals surface area contributed by atoms with E-state index in [1.165, 1.54) is 12.1 Å². The molecule has 0 aliphatic heterocycles. The minimum atomic E-state index is -0.650. The number of nitrogens with one attached hydrogen (secondary N) is 1. The Morgan fingerprint density at radius 2 is 2.07 bits per heavy atom. The number of carbonyl (C=O) groups is 2. The van der Waals surface area contributed by atoms with E-state index in [0.29, 0.717) is 23.8 Å². The Hall–Kier alpha value is -3.04. The largest absolute Gasteiger partial charge is 0.490 e. The summed E-state index contributed by atoms with van der Waals surface area (Å²) in [5.41, 5.74) is 1.08. The van der Waals surface area contributed by atoms with Gasteiger partial charge >= 0.3 is 5.97 Å². The number of nitrogens with zero attached hydrogens (tertiary/aromatic N) is 1. The molecule has 2 atom stereocenters. The summed E-state index contributed by atoms with van der Waals surface area (Å²) in [7, 11) is 0. The molecule has 2 unspecified atom stereocenters. The Bertz CT molecular complexity index is 967. The number of hydrogen-bond donors (Lipinski definition) is 1. The molecule has 3 rings (SSSR count). The summed E-state index contributed by atoms with van der Waals surface area (Å²) in [6.45, 7) is 4.11. The van der Waals surface area contributed by atoms with Crippen molar-refractivity contribution in [2.45, 2.75) is 20.3 Å². The molecule has 2 aromatic rings. The number of carbonyl (C=O) groups excluding carboxylic acids is 2. The molecule has 1 aliphatic carbocycles. The van der Waals surface area contributed by atoms with Gasteiger partial charge in [0.1, 0.15) is 0 Å². The molecule has 2 aromatic carbocycles. The summed E-state index contributed by atoms with van der Waals surface area (Å²) in [5.74, 6) is -0.0125. The number of benzene rings is 2. The zero-order chi connectivity index (χ0) is 20.3. The average Bonchev–Trinajstić information content (AvgIpc) is 3.41. The molecular formula is C21H19ClN2O4. The van der Waals surface area contributed by atoms with Gasteiger partial charge in [0.15, 0.2) is 11.5 Å². The molecule has 7 heteroatoms. The van der Waals surface area contributed by atoms with Crippen LogP contribution in [0, 0.1) is 23.2 Å².